The number of nitrogens with one attached hydrogen (secondary N) is 1. The molecule has 4 nitrogen and oxygen atoms in total. The van der Waals surface area contributed by atoms with Gasteiger partial charge < -0.3 is 9.74 Å². The summed E-state index contributed by atoms with van der Waals surface area (Å²) in [4.78, 5) is 27.6. The Kier molecular flexibility index (Phi) is 6.91. The van der Waals surface area contributed by atoms with E-state index in [4.69, 9.17) is 4.43 Å². The summed E-state index contributed by atoms with van der Waals surface area (Å²) in [7, 11) is -2.93. The maximum atomic E-state index is 14.1. The average Bonchev–Trinajstić information content (AvgIpc) is 3.33. The van der Waals surface area contributed by atoms with Crippen molar-refractivity contribution >= 4 is 35.9 Å². The van der Waals surface area contributed by atoms with E-state index in [0.29, 0.717) is 12.0 Å². The quantitative estimate of drug-likeness (QED) is 0.192. The molecule has 0 spiro atoms. The van der Waals surface area contributed by atoms with E-state index >= 15 is 0 Å². The van der Waals surface area contributed by atoms with Crippen LogP contribution < -0.4 is 15.7 Å². The molecule has 0 aromatic heterocycles. The molecule has 0 aliphatic carbocycles. The predicted molar refractivity (Wildman–Crippen MR) is 156 cm³/mol. The number of ketones is 2. The van der Waals surface area contributed by atoms with Crippen molar-refractivity contribution in [3.05, 3.63) is 126 Å². The first kappa shape index (κ1) is 25.8. The van der Waals surface area contributed by atoms with Crippen LogP contribution in [-0.2, 0) is 15.6 Å². The second kappa shape index (κ2) is 10.2. The van der Waals surface area contributed by atoms with Gasteiger partial charge in [0.25, 0.3) is 8.32 Å². The highest BCUT2D eigenvalue weighted by atomic mass is 28.4. The van der Waals surface area contributed by atoms with E-state index in [0.717, 1.165) is 21.6 Å². The second-order valence-electron chi connectivity index (χ2n) is 11.0. The normalized spacial score (nSPS) is 16.9. The lowest BCUT2D eigenvalue weighted by Gasteiger charge is -2.45. The van der Waals surface area contributed by atoms with Crippen molar-refractivity contribution < 1.29 is 14.0 Å². The number of carbonyl (C=O) groups excluding carboxylic acids is 2. The van der Waals surface area contributed by atoms with Gasteiger partial charge in [0, 0.05) is 17.7 Å². The summed E-state index contributed by atoms with van der Waals surface area (Å²) in [5, 5.41) is 5.46. The number of hydrogen-bond donors (Lipinski definition) is 1. The monoisotopic (exact) mass is 519 g/mol. The van der Waals surface area contributed by atoms with E-state index in [9.17, 15) is 9.59 Å². The van der Waals surface area contributed by atoms with Gasteiger partial charge in [-0.25, -0.2) is 0 Å². The van der Waals surface area contributed by atoms with Gasteiger partial charge >= 0.3 is 0 Å². The van der Waals surface area contributed by atoms with Crippen molar-refractivity contribution in [2.24, 2.45) is 0 Å². The first-order valence-corrected chi connectivity index (χ1v) is 14.9. The average molecular weight is 520 g/mol. The lowest BCUT2D eigenvalue weighted by Crippen LogP contribution is -2.68. The number of benzene rings is 4. The number of para-hydroxylation sites is 1. The first-order valence-electron chi connectivity index (χ1n) is 13.0. The van der Waals surface area contributed by atoms with Gasteiger partial charge in [-0.05, 0) is 27.0 Å². The maximum absolute atomic E-state index is 14.1. The van der Waals surface area contributed by atoms with Crippen molar-refractivity contribution in [1.82, 2.24) is 0 Å². The van der Waals surface area contributed by atoms with Crippen LogP contribution in [0.15, 0.2) is 115 Å². The van der Waals surface area contributed by atoms with E-state index in [1.165, 1.54) is 0 Å². The van der Waals surface area contributed by atoms with Gasteiger partial charge in [-0.3, -0.25) is 9.59 Å². The van der Waals surface area contributed by atoms with E-state index in [1.54, 1.807) is 24.3 Å². The molecule has 0 bridgehead atoms. The molecule has 1 N–H and O–H groups in total. The minimum atomic E-state index is -2.93. The Morgan fingerprint density at radius 1 is 0.763 bits per heavy atom. The van der Waals surface area contributed by atoms with Crippen LogP contribution in [0.25, 0.3) is 0 Å². The first-order chi connectivity index (χ1) is 18.3. The molecule has 5 rings (SSSR count). The number of fused-ring (bicyclic) bond motifs is 1. The van der Waals surface area contributed by atoms with Crippen LogP contribution in [-0.4, -0.2) is 32.0 Å². The van der Waals surface area contributed by atoms with Crippen LogP contribution in [0.1, 0.15) is 36.7 Å². The Hall–Kier alpha value is -3.80. The fourth-order valence-corrected chi connectivity index (χ4v) is 10.3. The van der Waals surface area contributed by atoms with Crippen LogP contribution in [0.4, 0.5) is 5.69 Å². The molecule has 5 heteroatoms. The third kappa shape index (κ3) is 4.53. The molecule has 0 amide bonds. The smallest absolute Gasteiger partial charge is 0.261 e. The summed E-state index contributed by atoms with van der Waals surface area (Å²) in [5.74, 6) is -0.977. The number of rotatable bonds is 8. The lowest BCUT2D eigenvalue weighted by molar-refractivity contribution is -0.120. The van der Waals surface area contributed by atoms with Crippen LogP contribution >= 0.6 is 0 Å². The third-order valence-corrected chi connectivity index (χ3v) is 12.5. The fraction of sp³-hybridized carbons (Fsp3) is 0.212. The minimum Gasteiger partial charge on any atom is -0.405 e. The summed E-state index contributed by atoms with van der Waals surface area (Å²) >= 11 is 0. The van der Waals surface area contributed by atoms with Crippen LogP contribution in [0.2, 0.25) is 5.04 Å². The zero-order valence-electron chi connectivity index (χ0n) is 22.1. The number of carbonyl (C=O) groups is 2. The highest BCUT2D eigenvalue weighted by molar-refractivity contribution is 6.99. The van der Waals surface area contributed by atoms with Gasteiger partial charge in [0.1, 0.15) is 5.54 Å². The molecule has 1 aliphatic rings. The third-order valence-electron chi connectivity index (χ3n) is 7.51. The molecule has 0 saturated heterocycles. The molecule has 0 radical (unpaired) electrons. The molecule has 38 heavy (non-hydrogen) atoms. The molecule has 0 saturated carbocycles. The molecule has 0 unspecified atom stereocenters. The Morgan fingerprint density at radius 3 is 1.79 bits per heavy atom. The molecule has 192 valence electrons. The van der Waals surface area contributed by atoms with E-state index in [1.807, 2.05) is 66.7 Å². The molecule has 0 fully saturated rings. The van der Waals surface area contributed by atoms with Crippen molar-refractivity contribution in [3.63, 3.8) is 0 Å². The van der Waals surface area contributed by atoms with E-state index in [2.05, 4.69) is 50.4 Å². The molecular formula is C33H33NO3Si. The summed E-state index contributed by atoms with van der Waals surface area (Å²) in [6.45, 7) is 6.70. The largest absolute Gasteiger partial charge is 0.405 e. The SMILES string of the molecule is CC(C)(C)[Si](OC[C@]1(C(=O)C(=O)c2ccccc2)Cc2ccccc2N1)(c1ccccc1)c1ccccc1. The van der Waals surface area contributed by atoms with Crippen molar-refractivity contribution in [3.8, 4) is 0 Å². The summed E-state index contributed by atoms with van der Waals surface area (Å²) in [6, 6.07) is 37.4. The number of anilines is 1. The zero-order chi connectivity index (χ0) is 26.8. The Bertz CT molecular complexity index is 1370. The van der Waals surface area contributed by atoms with Gasteiger partial charge in [0.15, 0.2) is 0 Å². The van der Waals surface area contributed by atoms with E-state index < -0.39 is 25.4 Å². The lowest BCUT2D eigenvalue weighted by atomic mass is 9.87. The molecule has 1 heterocycles. The summed E-state index contributed by atoms with van der Waals surface area (Å²) in [6.07, 6.45) is 0.388. The predicted octanol–water partition coefficient (Wildman–Crippen LogP) is 5.42. The minimum absolute atomic E-state index is 0.0758. The highest BCUT2D eigenvalue weighted by Gasteiger charge is 2.54. The maximum Gasteiger partial charge on any atom is 0.261 e. The van der Waals surface area contributed by atoms with Gasteiger partial charge in [-0.15, -0.1) is 0 Å². The molecule has 4 aromatic carbocycles. The molecule has 1 aliphatic heterocycles. The van der Waals surface area contributed by atoms with Crippen LogP contribution in [0.3, 0.4) is 0 Å². The fourth-order valence-electron chi connectivity index (χ4n) is 5.64. The van der Waals surface area contributed by atoms with Crippen molar-refractivity contribution in [2.45, 2.75) is 37.8 Å². The molecular weight excluding hydrogens is 486 g/mol. The van der Waals surface area contributed by atoms with Crippen LogP contribution in [0, 0.1) is 0 Å². The Balaban J connectivity index is 1.61. The standard InChI is InChI=1S/C33H33NO3Si/c1-32(2,3)38(27-18-9-5-10-19-27,28-20-11-6-12-21-28)37-24-33(23-26-17-13-14-22-29(26)34-33)31(36)30(35)25-15-7-4-8-16-25/h4-22,34H,23-24H2,1-3H3/t33-/m0/s1. The Morgan fingerprint density at radius 2 is 1.26 bits per heavy atom. The summed E-state index contributed by atoms with van der Waals surface area (Å²) in [5.41, 5.74) is 1.06. The number of hydrogen-bond acceptors (Lipinski definition) is 4. The zero-order valence-corrected chi connectivity index (χ0v) is 23.1. The van der Waals surface area contributed by atoms with Crippen molar-refractivity contribution in [2.75, 3.05) is 11.9 Å². The second-order valence-corrected chi connectivity index (χ2v) is 15.3. The van der Waals surface area contributed by atoms with E-state index in [-0.39, 0.29) is 11.6 Å². The Labute approximate surface area is 225 Å². The highest BCUT2D eigenvalue weighted by Crippen LogP contribution is 2.40. The topological polar surface area (TPSA) is 55.4 Å². The van der Waals surface area contributed by atoms with Gasteiger partial charge in [-0.2, -0.15) is 0 Å². The van der Waals surface area contributed by atoms with Crippen molar-refractivity contribution in [1.29, 1.82) is 0 Å². The molecule has 4 aromatic rings. The van der Waals surface area contributed by atoms with Gasteiger partial charge in [0.05, 0.1) is 6.61 Å². The summed E-state index contributed by atoms with van der Waals surface area (Å²) < 4.78 is 7.20. The number of Topliss-reactive ketones (excluding diaryl/α,β-unsaturated/α-hetero) is 2. The van der Waals surface area contributed by atoms with Gasteiger partial charge in [-0.1, -0.05) is 130 Å². The van der Waals surface area contributed by atoms with Gasteiger partial charge in [0.2, 0.25) is 11.6 Å². The van der Waals surface area contributed by atoms with Crippen LogP contribution in [0.5, 0.6) is 0 Å². The molecule has 1 atom stereocenters.